The molecule has 0 atom stereocenters. The highest BCUT2D eigenvalue weighted by molar-refractivity contribution is 5.39. The monoisotopic (exact) mass is 229 g/mol. The summed E-state index contributed by atoms with van der Waals surface area (Å²) < 4.78 is 0. The van der Waals surface area contributed by atoms with Gasteiger partial charge in [0.15, 0.2) is 0 Å². The fourth-order valence-corrected chi connectivity index (χ4v) is 2.74. The van der Waals surface area contributed by atoms with Gasteiger partial charge in [-0.05, 0) is 30.4 Å². The summed E-state index contributed by atoms with van der Waals surface area (Å²) in [6.07, 6.45) is 8.35. The molecule has 1 aliphatic carbocycles. The molecule has 0 N–H and O–H groups in total. The Morgan fingerprint density at radius 1 is 1.18 bits per heavy atom. The van der Waals surface area contributed by atoms with Gasteiger partial charge in [0.2, 0.25) is 6.08 Å². The standard InChI is InChI=1S/C15H19NO/c1-2-13-6-8-14(9-7-13)15(16-12-17)10-4-3-5-11-15/h6-9H,2-5,10-11H2,1H3. The Morgan fingerprint density at radius 2 is 1.82 bits per heavy atom. The van der Waals surface area contributed by atoms with E-state index in [1.54, 1.807) is 6.08 Å². The molecule has 0 radical (unpaired) electrons. The molecule has 90 valence electrons. The lowest BCUT2D eigenvalue weighted by molar-refractivity contribution is 0.304. The van der Waals surface area contributed by atoms with Crippen LogP contribution in [0.5, 0.6) is 0 Å². The zero-order chi connectivity index (χ0) is 12.1. The SMILES string of the molecule is CCc1ccc(C2(N=C=O)CCCCC2)cc1. The van der Waals surface area contributed by atoms with Crippen LogP contribution in [-0.2, 0) is 16.8 Å². The summed E-state index contributed by atoms with van der Waals surface area (Å²) in [4.78, 5) is 14.8. The van der Waals surface area contributed by atoms with Crippen LogP contribution in [0.15, 0.2) is 29.3 Å². The topological polar surface area (TPSA) is 29.4 Å². The summed E-state index contributed by atoms with van der Waals surface area (Å²) in [7, 11) is 0. The number of nitrogens with zero attached hydrogens (tertiary/aromatic N) is 1. The second kappa shape index (κ2) is 5.29. The van der Waals surface area contributed by atoms with Crippen molar-refractivity contribution < 1.29 is 4.79 Å². The molecule has 1 fully saturated rings. The zero-order valence-electron chi connectivity index (χ0n) is 10.4. The third-order valence-corrected chi connectivity index (χ3v) is 3.84. The molecule has 2 heteroatoms. The van der Waals surface area contributed by atoms with Gasteiger partial charge in [0.1, 0.15) is 0 Å². The maximum atomic E-state index is 10.7. The van der Waals surface area contributed by atoms with Crippen LogP contribution in [0.1, 0.15) is 50.2 Å². The fraction of sp³-hybridized carbons (Fsp3) is 0.533. The zero-order valence-corrected chi connectivity index (χ0v) is 10.4. The van der Waals surface area contributed by atoms with Crippen molar-refractivity contribution in [3.63, 3.8) is 0 Å². The molecule has 1 aromatic rings. The van der Waals surface area contributed by atoms with Crippen LogP contribution in [0, 0.1) is 0 Å². The molecule has 0 unspecified atom stereocenters. The predicted octanol–water partition coefficient (Wildman–Crippen LogP) is 3.74. The summed E-state index contributed by atoms with van der Waals surface area (Å²) in [6.45, 7) is 2.15. The molecule has 0 saturated heterocycles. The van der Waals surface area contributed by atoms with E-state index in [0.717, 1.165) is 32.1 Å². The molecule has 0 spiro atoms. The van der Waals surface area contributed by atoms with Crippen molar-refractivity contribution in [2.24, 2.45) is 4.99 Å². The highest BCUT2D eigenvalue weighted by atomic mass is 16.1. The number of hydrogen-bond donors (Lipinski definition) is 0. The van der Waals surface area contributed by atoms with Crippen LogP contribution in [0.3, 0.4) is 0 Å². The molecule has 1 saturated carbocycles. The quantitative estimate of drug-likeness (QED) is 0.573. The number of carbonyl (C=O) groups excluding carboxylic acids is 1. The number of aryl methyl sites for hydroxylation is 1. The maximum Gasteiger partial charge on any atom is 0.235 e. The van der Waals surface area contributed by atoms with Crippen molar-refractivity contribution in [1.29, 1.82) is 0 Å². The highest BCUT2D eigenvalue weighted by Gasteiger charge is 2.33. The van der Waals surface area contributed by atoms with E-state index in [9.17, 15) is 4.79 Å². The van der Waals surface area contributed by atoms with E-state index < -0.39 is 0 Å². The van der Waals surface area contributed by atoms with Gasteiger partial charge in [-0.2, -0.15) is 4.99 Å². The normalized spacial score (nSPS) is 18.4. The molecule has 1 aromatic carbocycles. The second-order valence-electron chi connectivity index (χ2n) is 4.85. The van der Waals surface area contributed by atoms with E-state index in [1.165, 1.54) is 17.5 Å². The summed E-state index contributed by atoms with van der Waals surface area (Å²) >= 11 is 0. The number of benzene rings is 1. The number of isocyanates is 1. The van der Waals surface area contributed by atoms with Crippen molar-refractivity contribution in [2.75, 3.05) is 0 Å². The number of rotatable bonds is 3. The van der Waals surface area contributed by atoms with Gasteiger partial charge >= 0.3 is 0 Å². The summed E-state index contributed by atoms with van der Waals surface area (Å²) in [5.74, 6) is 0. The van der Waals surface area contributed by atoms with Crippen molar-refractivity contribution in [3.8, 4) is 0 Å². The van der Waals surface area contributed by atoms with Crippen LogP contribution >= 0.6 is 0 Å². The van der Waals surface area contributed by atoms with Gasteiger partial charge in [0, 0.05) is 0 Å². The summed E-state index contributed by atoms with van der Waals surface area (Å²) in [5, 5.41) is 0. The van der Waals surface area contributed by atoms with Gasteiger partial charge in [-0.1, -0.05) is 50.5 Å². The first-order chi connectivity index (χ1) is 8.30. The summed E-state index contributed by atoms with van der Waals surface area (Å²) in [5.41, 5.74) is 2.22. The molecule has 0 heterocycles. The van der Waals surface area contributed by atoms with E-state index in [2.05, 4.69) is 36.2 Å². The van der Waals surface area contributed by atoms with Gasteiger partial charge in [-0.15, -0.1) is 0 Å². The van der Waals surface area contributed by atoms with Crippen molar-refractivity contribution in [1.82, 2.24) is 0 Å². The molecular formula is C15H19NO. The second-order valence-corrected chi connectivity index (χ2v) is 4.85. The van der Waals surface area contributed by atoms with Gasteiger partial charge in [-0.25, -0.2) is 4.79 Å². The van der Waals surface area contributed by atoms with Crippen LogP contribution in [0.2, 0.25) is 0 Å². The lowest BCUT2D eigenvalue weighted by atomic mass is 9.77. The Hall–Kier alpha value is -1.40. The van der Waals surface area contributed by atoms with E-state index in [-0.39, 0.29) is 5.54 Å². The molecule has 0 aromatic heterocycles. The van der Waals surface area contributed by atoms with Crippen molar-refractivity contribution in [2.45, 2.75) is 51.0 Å². The van der Waals surface area contributed by atoms with E-state index in [0.29, 0.717) is 0 Å². The lowest BCUT2D eigenvalue weighted by Gasteiger charge is -2.32. The predicted molar refractivity (Wildman–Crippen MR) is 68.7 cm³/mol. The largest absolute Gasteiger partial charge is 0.235 e. The van der Waals surface area contributed by atoms with Gasteiger partial charge < -0.3 is 0 Å². The van der Waals surface area contributed by atoms with Crippen LogP contribution in [0.4, 0.5) is 0 Å². The Kier molecular flexibility index (Phi) is 3.75. The number of hydrogen-bond acceptors (Lipinski definition) is 2. The van der Waals surface area contributed by atoms with Crippen LogP contribution < -0.4 is 0 Å². The molecule has 2 rings (SSSR count). The molecule has 2 nitrogen and oxygen atoms in total. The average molecular weight is 229 g/mol. The molecule has 0 aliphatic heterocycles. The first kappa shape index (κ1) is 12.1. The molecule has 0 amide bonds. The Balaban J connectivity index is 2.34. The molecule has 1 aliphatic rings. The van der Waals surface area contributed by atoms with E-state index in [1.807, 2.05) is 0 Å². The molecular weight excluding hydrogens is 210 g/mol. The van der Waals surface area contributed by atoms with Crippen molar-refractivity contribution >= 4 is 6.08 Å². The Morgan fingerprint density at radius 3 is 2.35 bits per heavy atom. The highest BCUT2D eigenvalue weighted by Crippen LogP contribution is 2.40. The minimum absolute atomic E-state index is 0.285. The minimum Gasteiger partial charge on any atom is -0.211 e. The fourth-order valence-electron chi connectivity index (χ4n) is 2.74. The van der Waals surface area contributed by atoms with Crippen LogP contribution in [-0.4, -0.2) is 6.08 Å². The number of aliphatic imine (C=N–C) groups is 1. The molecule has 17 heavy (non-hydrogen) atoms. The summed E-state index contributed by atoms with van der Waals surface area (Å²) in [6, 6.07) is 8.55. The lowest BCUT2D eigenvalue weighted by Crippen LogP contribution is -2.26. The average Bonchev–Trinajstić information content (AvgIpc) is 2.40. The van der Waals surface area contributed by atoms with Crippen molar-refractivity contribution in [3.05, 3.63) is 35.4 Å². The van der Waals surface area contributed by atoms with E-state index >= 15 is 0 Å². The first-order valence-corrected chi connectivity index (χ1v) is 6.49. The van der Waals surface area contributed by atoms with Crippen LogP contribution in [0.25, 0.3) is 0 Å². The Bertz CT molecular complexity index is 409. The molecule has 0 bridgehead atoms. The first-order valence-electron chi connectivity index (χ1n) is 6.49. The van der Waals surface area contributed by atoms with E-state index in [4.69, 9.17) is 0 Å². The maximum absolute atomic E-state index is 10.7. The minimum atomic E-state index is -0.285. The van der Waals surface area contributed by atoms with Gasteiger partial charge in [0.05, 0.1) is 5.54 Å². The smallest absolute Gasteiger partial charge is 0.211 e. The van der Waals surface area contributed by atoms with Gasteiger partial charge in [0.25, 0.3) is 0 Å². The third kappa shape index (κ3) is 2.48. The third-order valence-electron chi connectivity index (χ3n) is 3.84. The Labute approximate surface area is 103 Å². The van der Waals surface area contributed by atoms with Gasteiger partial charge in [-0.3, -0.25) is 0 Å².